The summed E-state index contributed by atoms with van der Waals surface area (Å²) in [6, 6.07) is 0. The highest BCUT2D eigenvalue weighted by molar-refractivity contribution is 6.28. The third kappa shape index (κ3) is 3.00. The summed E-state index contributed by atoms with van der Waals surface area (Å²) in [6.45, 7) is 7.21. The molecule has 7 heteroatoms. The Morgan fingerprint density at radius 2 is 1.78 bits per heavy atom. The second-order valence-electron chi connectivity index (χ2n) is 4.52. The van der Waals surface area contributed by atoms with Gasteiger partial charge in [-0.25, -0.2) is 0 Å². The molecule has 0 N–H and O–H groups in total. The van der Waals surface area contributed by atoms with Gasteiger partial charge in [-0.1, -0.05) is 6.92 Å². The number of aromatic nitrogens is 3. The van der Waals surface area contributed by atoms with Gasteiger partial charge in [0, 0.05) is 40.3 Å². The highest BCUT2D eigenvalue weighted by atomic mass is 35.5. The van der Waals surface area contributed by atoms with Crippen molar-refractivity contribution in [3.05, 3.63) is 5.28 Å². The van der Waals surface area contributed by atoms with E-state index >= 15 is 0 Å². The molecule has 100 valence electrons. The lowest BCUT2D eigenvalue weighted by atomic mass is 10.3. The van der Waals surface area contributed by atoms with E-state index in [4.69, 9.17) is 11.6 Å². The zero-order valence-corrected chi connectivity index (χ0v) is 11.9. The summed E-state index contributed by atoms with van der Waals surface area (Å²) in [5.74, 6) is 1.28. The van der Waals surface area contributed by atoms with Crippen molar-refractivity contribution in [1.29, 1.82) is 0 Å². The Bertz CT molecular complexity index is 403. The second-order valence-corrected chi connectivity index (χ2v) is 4.86. The van der Waals surface area contributed by atoms with Crippen molar-refractivity contribution in [2.75, 3.05) is 56.6 Å². The van der Waals surface area contributed by atoms with E-state index in [2.05, 4.69) is 31.7 Å². The molecule has 2 heterocycles. The number of likely N-dealkylation sites (N-methyl/N-ethyl adjacent to an activating group) is 1. The zero-order chi connectivity index (χ0) is 13.1. The molecule has 6 nitrogen and oxygen atoms in total. The molecule has 1 aromatic heterocycles. The van der Waals surface area contributed by atoms with Crippen molar-refractivity contribution >= 4 is 23.5 Å². The van der Waals surface area contributed by atoms with E-state index in [9.17, 15) is 0 Å². The van der Waals surface area contributed by atoms with Gasteiger partial charge in [-0.2, -0.15) is 15.0 Å². The van der Waals surface area contributed by atoms with Crippen LogP contribution >= 0.6 is 11.6 Å². The Kier molecular flexibility index (Phi) is 4.19. The van der Waals surface area contributed by atoms with Crippen molar-refractivity contribution in [1.82, 2.24) is 19.9 Å². The third-order valence-corrected chi connectivity index (χ3v) is 3.26. The molecule has 0 atom stereocenters. The fourth-order valence-electron chi connectivity index (χ4n) is 1.93. The quantitative estimate of drug-likeness (QED) is 0.807. The maximum atomic E-state index is 5.94. The molecule has 0 aromatic carbocycles. The number of nitrogens with zero attached hydrogens (tertiary/aromatic N) is 6. The third-order valence-electron chi connectivity index (χ3n) is 3.09. The first-order valence-electron chi connectivity index (χ1n) is 6.16. The van der Waals surface area contributed by atoms with Crippen molar-refractivity contribution in [2.45, 2.75) is 6.92 Å². The molecule has 0 saturated carbocycles. The molecule has 1 aliphatic heterocycles. The first-order valence-corrected chi connectivity index (χ1v) is 6.54. The molecule has 1 aromatic rings. The highest BCUT2D eigenvalue weighted by Gasteiger charge is 2.19. The van der Waals surface area contributed by atoms with Crippen LogP contribution in [0.25, 0.3) is 0 Å². The zero-order valence-electron chi connectivity index (χ0n) is 11.1. The summed E-state index contributed by atoms with van der Waals surface area (Å²) in [4.78, 5) is 19.1. The maximum absolute atomic E-state index is 5.94. The average molecular weight is 271 g/mol. The minimum atomic E-state index is 0.252. The lowest BCUT2D eigenvalue weighted by Gasteiger charge is -2.34. The lowest BCUT2D eigenvalue weighted by Crippen LogP contribution is -2.46. The minimum Gasteiger partial charge on any atom is -0.347 e. The summed E-state index contributed by atoms with van der Waals surface area (Å²) in [5, 5.41) is 0.252. The van der Waals surface area contributed by atoms with Gasteiger partial charge >= 0.3 is 0 Å². The van der Waals surface area contributed by atoms with Crippen LogP contribution in [-0.4, -0.2) is 66.7 Å². The van der Waals surface area contributed by atoms with Crippen molar-refractivity contribution in [3.8, 4) is 0 Å². The summed E-state index contributed by atoms with van der Waals surface area (Å²) < 4.78 is 0. The number of rotatable bonds is 3. The largest absolute Gasteiger partial charge is 0.347 e. The molecule has 0 bridgehead atoms. The normalized spacial score (nSPS) is 17.0. The van der Waals surface area contributed by atoms with Gasteiger partial charge in [0.25, 0.3) is 0 Å². The Hall–Kier alpha value is -1.14. The van der Waals surface area contributed by atoms with Crippen LogP contribution in [0.15, 0.2) is 0 Å². The summed E-state index contributed by atoms with van der Waals surface area (Å²) >= 11 is 5.94. The van der Waals surface area contributed by atoms with Crippen LogP contribution in [0, 0.1) is 0 Å². The Balaban J connectivity index is 2.13. The molecule has 0 spiro atoms. The van der Waals surface area contributed by atoms with Crippen LogP contribution in [0.2, 0.25) is 5.28 Å². The molecular weight excluding hydrogens is 252 g/mol. The number of hydrogen-bond donors (Lipinski definition) is 0. The smallest absolute Gasteiger partial charge is 0.231 e. The van der Waals surface area contributed by atoms with Crippen LogP contribution in [0.3, 0.4) is 0 Å². The molecule has 0 radical (unpaired) electrons. The predicted molar refractivity (Wildman–Crippen MR) is 73.5 cm³/mol. The fourth-order valence-corrected chi connectivity index (χ4v) is 2.09. The van der Waals surface area contributed by atoms with Gasteiger partial charge in [0.1, 0.15) is 0 Å². The number of hydrogen-bond acceptors (Lipinski definition) is 6. The van der Waals surface area contributed by atoms with E-state index in [1.807, 2.05) is 19.0 Å². The van der Waals surface area contributed by atoms with Gasteiger partial charge < -0.3 is 14.7 Å². The fraction of sp³-hybridized carbons (Fsp3) is 0.727. The van der Waals surface area contributed by atoms with Crippen LogP contribution in [-0.2, 0) is 0 Å². The van der Waals surface area contributed by atoms with Gasteiger partial charge in [0.05, 0.1) is 0 Å². The van der Waals surface area contributed by atoms with E-state index in [0.29, 0.717) is 11.9 Å². The molecule has 18 heavy (non-hydrogen) atoms. The molecule has 1 fully saturated rings. The van der Waals surface area contributed by atoms with Crippen LogP contribution in [0.4, 0.5) is 11.9 Å². The van der Waals surface area contributed by atoms with E-state index in [-0.39, 0.29) is 5.28 Å². The highest BCUT2D eigenvalue weighted by Crippen LogP contribution is 2.16. The van der Waals surface area contributed by atoms with Crippen LogP contribution < -0.4 is 9.80 Å². The van der Waals surface area contributed by atoms with Crippen LogP contribution in [0.1, 0.15) is 6.92 Å². The Morgan fingerprint density at radius 3 is 2.33 bits per heavy atom. The second kappa shape index (κ2) is 5.67. The Labute approximate surface area is 113 Å². The standard InChI is InChI=1S/C11H19ClN6/c1-4-17-5-7-18(8-6-17)11-14-9(12)13-10(15-11)16(2)3/h4-8H2,1-3H3. The van der Waals surface area contributed by atoms with E-state index in [1.54, 1.807) is 0 Å². The SMILES string of the molecule is CCN1CCN(c2nc(Cl)nc(N(C)C)n2)CC1. The molecule has 1 saturated heterocycles. The van der Waals surface area contributed by atoms with Crippen molar-refractivity contribution < 1.29 is 0 Å². The van der Waals surface area contributed by atoms with Gasteiger partial charge in [0.15, 0.2) is 0 Å². The average Bonchev–Trinajstić information content (AvgIpc) is 2.38. The molecular formula is C11H19ClN6. The minimum absolute atomic E-state index is 0.252. The number of halogens is 1. The van der Waals surface area contributed by atoms with Crippen LogP contribution in [0.5, 0.6) is 0 Å². The summed E-state index contributed by atoms with van der Waals surface area (Å²) in [5.41, 5.74) is 0. The molecule has 0 unspecified atom stereocenters. The topological polar surface area (TPSA) is 48.4 Å². The van der Waals surface area contributed by atoms with E-state index in [1.165, 1.54) is 0 Å². The van der Waals surface area contributed by atoms with Crippen molar-refractivity contribution in [2.24, 2.45) is 0 Å². The maximum Gasteiger partial charge on any atom is 0.231 e. The van der Waals surface area contributed by atoms with Gasteiger partial charge in [-0.15, -0.1) is 0 Å². The van der Waals surface area contributed by atoms with E-state index in [0.717, 1.165) is 32.7 Å². The monoisotopic (exact) mass is 270 g/mol. The van der Waals surface area contributed by atoms with Gasteiger partial charge in [-0.3, -0.25) is 0 Å². The Morgan fingerprint density at radius 1 is 1.11 bits per heavy atom. The van der Waals surface area contributed by atoms with Gasteiger partial charge in [0.2, 0.25) is 17.2 Å². The molecule has 0 amide bonds. The molecule has 2 rings (SSSR count). The summed E-state index contributed by atoms with van der Waals surface area (Å²) in [6.07, 6.45) is 0. The molecule has 1 aliphatic rings. The first-order chi connectivity index (χ1) is 8.60. The van der Waals surface area contributed by atoms with Crippen molar-refractivity contribution in [3.63, 3.8) is 0 Å². The first kappa shape index (κ1) is 13.3. The predicted octanol–water partition coefficient (Wildman–Crippen LogP) is 0.733. The summed E-state index contributed by atoms with van der Waals surface area (Å²) in [7, 11) is 3.79. The lowest BCUT2D eigenvalue weighted by molar-refractivity contribution is 0.270. The number of anilines is 2. The number of piperazine rings is 1. The molecule has 0 aliphatic carbocycles. The van der Waals surface area contributed by atoms with E-state index < -0.39 is 0 Å². The van der Waals surface area contributed by atoms with Gasteiger partial charge in [-0.05, 0) is 18.1 Å².